The van der Waals surface area contributed by atoms with Crippen molar-refractivity contribution in [2.75, 3.05) is 4.90 Å². The van der Waals surface area contributed by atoms with Crippen molar-refractivity contribution in [3.05, 3.63) is 249 Å². The molecule has 10 aromatic carbocycles. The van der Waals surface area contributed by atoms with Crippen molar-refractivity contribution in [1.82, 2.24) is 9.13 Å². The summed E-state index contributed by atoms with van der Waals surface area (Å²) in [6.07, 6.45) is 0. The van der Waals surface area contributed by atoms with Crippen LogP contribution in [0.1, 0.15) is 0 Å². The summed E-state index contributed by atoms with van der Waals surface area (Å²) >= 11 is 0. The minimum atomic E-state index is 1.09. The predicted octanol–water partition coefficient (Wildman–Crippen LogP) is 16.4. The molecule has 12 rings (SSSR count). The summed E-state index contributed by atoms with van der Waals surface area (Å²) in [6.45, 7) is 0. The van der Waals surface area contributed by atoms with Gasteiger partial charge < -0.3 is 14.0 Å². The minimum absolute atomic E-state index is 1.09. The molecule has 0 saturated heterocycles. The Morgan fingerprint density at radius 1 is 0.286 bits per heavy atom. The van der Waals surface area contributed by atoms with E-state index in [1.54, 1.807) is 0 Å². The van der Waals surface area contributed by atoms with Gasteiger partial charge in [0, 0.05) is 55.5 Å². The summed E-state index contributed by atoms with van der Waals surface area (Å²) in [5.74, 6) is 0. The van der Waals surface area contributed by atoms with Gasteiger partial charge in [0.25, 0.3) is 0 Å². The highest BCUT2D eigenvalue weighted by molar-refractivity contribution is 6.20. The van der Waals surface area contributed by atoms with Crippen LogP contribution in [0.25, 0.3) is 88.4 Å². The van der Waals surface area contributed by atoms with Crippen LogP contribution in [0.15, 0.2) is 249 Å². The van der Waals surface area contributed by atoms with Gasteiger partial charge >= 0.3 is 0 Å². The molecule has 2 heterocycles. The molecule has 0 saturated carbocycles. The molecule has 63 heavy (non-hydrogen) atoms. The van der Waals surface area contributed by atoms with Crippen LogP contribution in [0.4, 0.5) is 17.1 Å². The van der Waals surface area contributed by atoms with E-state index in [2.05, 4.69) is 263 Å². The molecule has 0 radical (unpaired) electrons. The van der Waals surface area contributed by atoms with Gasteiger partial charge in [-0.3, -0.25) is 0 Å². The van der Waals surface area contributed by atoms with E-state index in [1.165, 1.54) is 77.0 Å². The zero-order valence-electron chi connectivity index (χ0n) is 34.5. The highest BCUT2D eigenvalue weighted by atomic mass is 15.1. The van der Waals surface area contributed by atoms with Crippen molar-refractivity contribution in [2.45, 2.75) is 0 Å². The Balaban J connectivity index is 1.02. The number of anilines is 3. The van der Waals surface area contributed by atoms with E-state index < -0.39 is 0 Å². The smallest absolute Gasteiger partial charge is 0.0620 e. The van der Waals surface area contributed by atoms with Gasteiger partial charge in [0.15, 0.2) is 0 Å². The largest absolute Gasteiger partial charge is 0.311 e. The van der Waals surface area contributed by atoms with E-state index in [0.717, 1.165) is 28.4 Å². The number of hydrogen-bond acceptors (Lipinski definition) is 1. The molecule has 0 aliphatic rings. The molecular weight excluding hydrogens is 763 g/mol. The molecule has 2 aromatic heterocycles. The maximum atomic E-state index is 2.48. The molecule has 296 valence electrons. The van der Waals surface area contributed by atoms with Gasteiger partial charge in [-0.1, -0.05) is 170 Å². The van der Waals surface area contributed by atoms with Gasteiger partial charge in [-0.25, -0.2) is 0 Å². The standard InChI is InChI=1S/C60H41N3/c1-5-19-43(20-6-1)58-55-41-54(50-27-13-14-30-53(50)60(55)63(46-25-11-4-12-26-46)59(58)44-21-7-2-8-22-44)42-33-35-47(36-34-42)61(45-23-9-3-10-24-45)48-37-39-49(40-38-48)62-56-31-17-15-28-51(56)52-29-16-18-32-57(52)62/h1-41H. The van der Waals surface area contributed by atoms with Crippen LogP contribution in [0, 0.1) is 0 Å². The third kappa shape index (κ3) is 6.13. The van der Waals surface area contributed by atoms with E-state index in [9.17, 15) is 0 Å². The first kappa shape index (κ1) is 36.5. The highest BCUT2D eigenvalue weighted by Gasteiger charge is 2.25. The van der Waals surface area contributed by atoms with Crippen molar-refractivity contribution >= 4 is 60.5 Å². The lowest BCUT2D eigenvalue weighted by molar-refractivity contribution is 1.14. The van der Waals surface area contributed by atoms with Gasteiger partial charge in [0.2, 0.25) is 0 Å². The molecule has 3 heteroatoms. The summed E-state index contributed by atoms with van der Waals surface area (Å²) < 4.78 is 4.85. The summed E-state index contributed by atoms with van der Waals surface area (Å²) in [5, 5.41) is 6.17. The summed E-state index contributed by atoms with van der Waals surface area (Å²) in [4.78, 5) is 2.35. The van der Waals surface area contributed by atoms with Crippen LogP contribution in [0.3, 0.4) is 0 Å². The average molecular weight is 804 g/mol. The zero-order valence-corrected chi connectivity index (χ0v) is 34.5. The molecule has 0 fully saturated rings. The molecule has 0 spiro atoms. The average Bonchev–Trinajstić information content (AvgIpc) is 3.89. The SMILES string of the molecule is c1ccc(-c2c(-c3ccccc3)n(-c3ccccc3)c3c2cc(-c2ccc(N(c4ccccc4)c4ccc(-n5c6ccccc6c6ccccc65)cc4)cc2)c2ccccc23)cc1. The number of benzene rings is 10. The van der Waals surface area contributed by atoms with E-state index in [4.69, 9.17) is 0 Å². The van der Waals surface area contributed by atoms with Gasteiger partial charge in [-0.05, 0) is 107 Å². The molecule has 12 aromatic rings. The second kappa shape index (κ2) is 15.3. The minimum Gasteiger partial charge on any atom is -0.311 e. The van der Waals surface area contributed by atoms with Gasteiger partial charge in [0.1, 0.15) is 0 Å². The van der Waals surface area contributed by atoms with Crippen molar-refractivity contribution in [2.24, 2.45) is 0 Å². The Hall–Kier alpha value is -8.40. The fraction of sp³-hybridized carbons (Fsp3) is 0. The van der Waals surface area contributed by atoms with E-state index in [1.807, 2.05) is 0 Å². The molecular formula is C60H41N3. The lowest BCUT2D eigenvalue weighted by Gasteiger charge is -2.26. The van der Waals surface area contributed by atoms with Crippen LogP contribution in [-0.4, -0.2) is 9.13 Å². The topological polar surface area (TPSA) is 13.1 Å². The lowest BCUT2D eigenvalue weighted by Crippen LogP contribution is -2.10. The van der Waals surface area contributed by atoms with Crippen LogP contribution in [-0.2, 0) is 0 Å². The van der Waals surface area contributed by atoms with Crippen molar-refractivity contribution in [3.8, 4) is 44.9 Å². The highest BCUT2D eigenvalue weighted by Crippen LogP contribution is 2.48. The Kier molecular flexibility index (Phi) is 8.83. The van der Waals surface area contributed by atoms with Crippen molar-refractivity contribution in [3.63, 3.8) is 0 Å². The van der Waals surface area contributed by atoms with Gasteiger partial charge in [0.05, 0.1) is 22.2 Å². The lowest BCUT2D eigenvalue weighted by atomic mass is 9.92. The quantitative estimate of drug-likeness (QED) is 0.149. The van der Waals surface area contributed by atoms with Crippen LogP contribution >= 0.6 is 0 Å². The summed E-state index contributed by atoms with van der Waals surface area (Å²) in [5.41, 5.74) is 16.3. The van der Waals surface area contributed by atoms with Crippen LogP contribution < -0.4 is 4.90 Å². The predicted molar refractivity (Wildman–Crippen MR) is 266 cm³/mol. The fourth-order valence-corrected chi connectivity index (χ4v) is 9.75. The number of rotatable bonds is 8. The zero-order chi connectivity index (χ0) is 41.7. The van der Waals surface area contributed by atoms with Gasteiger partial charge in [-0.2, -0.15) is 0 Å². The number of aromatic nitrogens is 2. The number of fused-ring (bicyclic) bond motifs is 6. The molecule has 0 atom stereocenters. The Morgan fingerprint density at radius 3 is 1.33 bits per heavy atom. The van der Waals surface area contributed by atoms with Crippen LogP contribution in [0.2, 0.25) is 0 Å². The first-order valence-electron chi connectivity index (χ1n) is 21.6. The second-order valence-electron chi connectivity index (χ2n) is 16.1. The first-order valence-corrected chi connectivity index (χ1v) is 21.6. The summed E-state index contributed by atoms with van der Waals surface area (Å²) in [7, 11) is 0. The van der Waals surface area contributed by atoms with Crippen LogP contribution in [0.5, 0.6) is 0 Å². The Morgan fingerprint density at radius 2 is 0.730 bits per heavy atom. The molecule has 3 nitrogen and oxygen atoms in total. The maximum Gasteiger partial charge on any atom is 0.0620 e. The molecule has 0 bridgehead atoms. The molecule has 0 amide bonds. The van der Waals surface area contributed by atoms with Gasteiger partial charge in [-0.15, -0.1) is 0 Å². The maximum absolute atomic E-state index is 2.48. The normalized spacial score (nSPS) is 11.5. The van der Waals surface area contributed by atoms with Crippen molar-refractivity contribution < 1.29 is 0 Å². The third-order valence-electron chi connectivity index (χ3n) is 12.5. The number of nitrogens with zero attached hydrogens (tertiary/aromatic N) is 3. The molecule has 0 aliphatic heterocycles. The Bertz CT molecular complexity index is 3520. The fourth-order valence-electron chi connectivity index (χ4n) is 9.75. The molecule has 0 aliphatic carbocycles. The number of hydrogen-bond donors (Lipinski definition) is 0. The van der Waals surface area contributed by atoms with E-state index >= 15 is 0 Å². The van der Waals surface area contributed by atoms with E-state index in [-0.39, 0.29) is 0 Å². The molecule has 0 unspecified atom stereocenters. The molecule has 0 N–H and O–H groups in total. The monoisotopic (exact) mass is 803 g/mol. The Labute approximate surface area is 366 Å². The third-order valence-corrected chi connectivity index (χ3v) is 12.5. The first-order chi connectivity index (χ1) is 31.3. The number of para-hydroxylation sites is 4. The van der Waals surface area contributed by atoms with E-state index in [0.29, 0.717) is 0 Å². The van der Waals surface area contributed by atoms with Crippen molar-refractivity contribution in [1.29, 1.82) is 0 Å². The summed E-state index contributed by atoms with van der Waals surface area (Å²) in [6, 6.07) is 90.0. The second-order valence-corrected chi connectivity index (χ2v) is 16.1.